The van der Waals surface area contributed by atoms with Crippen LogP contribution in [0.25, 0.3) is 0 Å². The summed E-state index contributed by atoms with van der Waals surface area (Å²) in [6, 6.07) is 9.10. The maximum atomic E-state index is 3.45. The molecule has 1 aromatic rings. The Labute approximate surface area is 130 Å². The minimum atomic E-state index is 0.280. The molecule has 21 heavy (non-hydrogen) atoms. The second-order valence-electron chi connectivity index (χ2n) is 6.94. The summed E-state index contributed by atoms with van der Waals surface area (Å²) in [5.41, 5.74) is 3.09. The van der Waals surface area contributed by atoms with Gasteiger partial charge in [-0.1, -0.05) is 31.2 Å². The van der Waals surface area contributed by atoms with E-state index in [2.05, 4.69) is 67.2 Å². The smallest absolute Gasteiger partial charge is 0.0277 e. The molecule has 0 spiro atoms. The third kappa shape index (κ3) is 4.80. The Morgan fingerprint density at radius 3 is 2.38 bits per heavy atom. The summed E-state index contributed by atoms with van der Waals surface area (Å²) < 4.78 is 0. The van der Waals surface area contributed by atoms with Crippen LogP contribution < -0.4 is 5.32 Å². The van der Waals surface area contributed by atoms with E-state index in [1.54, 1.807) is 0 Å². The largest absolute Gasteiger partial charge is 0.313 e. The second-order valence-corrected chi connectivity index (χ2v) is 6.94. The van der Waals surface area contributed by atoms with Gasteiger partial charge in [-0.15, -0.1) is 0 Å². The Morgan fingerprint density at radius 1 is 1.10 bits per heavy atom. The summed E-state index contributed by atoms with van der Waals surface area (Å²) in [5, 5.41) is 3.45. The summed E-state index contributed by atoms with van der Waals surface area (Å²) in [7, 11) is 2.23. The molecule has 1 aromatic carbocycles. The van der Waals surface area contributed by atoms with Gasteiger partial charge in [-0.3, -0.25) is 9.80 Å². The fraction of sp³-hybridized carbons (Fsp3) is 0.667. The molecule has 0 unspecified atom stereocenters. The minimum Gasteiger partial charge on any atom is -0.313 e. The SMILES string of the molecule is CCCNCc1ccc(CN2CCN(C)C(C)(C)C2)cc1. The van der Waals surface area contributed by atoms with Crippen LogP contribution in [-0.4, -0.2) is 48.6 Å². The van der Waals surface area contributed by atoms with Gasteiger partial charge in [0, 0.05) is 38.3 Å². The number of hydrogen-bond donors (Lipinski definition) is 1. The van der Waals surface area contributed by atoms with Crippen LogP contribution in [0.1, 0.15) is 38.3 Å². The minimum absolute atomic E-state index is 0.280. The van der Waals surface area contributed by atoms with Crippen molar-refractivity contribution >= 4 is 0 Å². The number of nitrogens with zero attached hydrogens (tertiary/aromatic N) is 2. The first-order valence-corrected chi connectivity index (χ1v) is 8.23. The van der Waals surface area contributed by atoms with E-state index >= 15 is 0 Å². The Bertz CT molecular complexity index is 425. The van der Waals surface area contributed by atoms with Crippen LogP contribution in [0.2, 0.25) is 0 Å². The van der Waals surface area contributed by atoms with E-state index in [1.165, 1.54) is 24.1 Å². The predicted molar refractivity (Wildman–Crippen MR) is 90.4 cm³/mol. The number of piperazine rings is 1. The highest BCUT2D eigenvalue weighted by atomic mass is 15.3. The first-order chi connectivity index (χ1) is 10.0. The lowest BCUT2D eigenvalue weighted by molar-refractivity contribution is 0.0360. The van der Waals surface area contributed by atoms with Gasteiger partial charge in [-0.25, -0.2) is 0 Å². The highest BCUT2D eigenvalue weighted by Crippen LogP contribution is 2.20. The van der Waals surface area contributed by atoms with E-state index in [9.17, 15) is 0 Å². The van der Waals surface area contributed by atoms with Crippen LogP contribution in [0.5, 0.6) is 0 Å². The Morgan fingerprint density at radius 2 is 1.76 bits per heavy atom. The van der Waals surface area contributed by atoms with Crippen molar-refractivity contribution in [2.75, 3.05) is 33.2 Å². The third-order valence-corrected chi connectivity index (χ3v) is 4.58. The fourth-order valence-electron chi connectivity index (χ4n) is 2.91. The van der Waals surface area contributed by atoms with Gasteiger partial charge in [0.1, 0.15) is 0 Å². The van der Waals surface area contributed by atoms with E-state index in [4.69, 9.17) is 0 Å². The quantitative estimate of drug-likeness (QED) is 0.812. The van der Waals surface area contributed by atoms with Crippen molar-refractivity contribution in [1.29, 1.82) is 0 Å². The molecule has 0 radical (unpaired) electrons. The van der Waals surface area contributed by atoms with Crippen LogP contribution in [0.3, 0.4) is 0 Å². The monoisotopic (exact) mass is 289 g/mol. The van der Waals surface area contributed by atoms with Crippen molar-refractivity contribution in [2.45, 2.75) is 45.8 Å². The molecule has 3 nitrogen and oxygen atoms in total. The third-order valence-electron chi connectivity index (χ3n) is 4.58. The lowest BCUT2D eigenvalue weighted by Crippen LogP contribution is -2.57. The van der Waals surface area contributed by atoms with Gasteiger partial charge in [0.05, 0.1) is 0 Å². The molecular weight excluding hydrogens is 258 g/mol. The molecule has 118 valence electrons. The Kier molecular flexibility index (Phi) is 5.80. The van der Waals surface area contributed by atoms with E-state index in [-0.39, 0.29) is 5.54 Å². The van der Waals surface area contributed by atoms with Crippen LogP contribution in [0.4, 0.5) is 0 Å². The molecule has 0 saturated carbocycles. The maximum absolute atomic E-state index is 3.45. The van der Waals surface area contributed by atoms with Crippen molar-refractivity contribution in [3.8, 4) is 0 Å². The number of benzene rings is 1. The molecule has 0 aromatic heterocycles. The second kappa shape index (κ2) is 7.39. The first kappa shape index (κ1) is 16.5. The average molecular weight is 289 g/mol. The lowest BCUT2D eigenvalue weighted by Gasteiger charge is -2.45. The molecule has 0 atom stereocenters. The van der Waals surface area contributed by atoms with Crippen molar-refractivity contribution < 1.29 is 0 Å². The zero-order valence-corrected chi connectivity index (χ0v) is 14.2. The summed E-state index contributed by atoms with van der Waals surface area (Å²) in [6.45, 7) is 13.5. The normalized spacial score (nSPS) is 19.8. The molecule has 1 fully saturated rings. The van der Waals surface area contributed by atoms with Crippen molar-refractivity contribution in [1.82, 2.24) is 15.1 Å². The Hall–Kier alpha value is -0.900. The maximum Gasteiger partial charge on any atom is 0.0277 e. The highest BCUT2D eigenvalue weighted by molar-refractivity contribution is 5.22. The number of nitrogens with one attached hydrogen (secondary N) is 1. The van der Waals surface area contributed by atoms with Gasteiger partial charge in [-0.05, 0) is 45.0 Å². The van der Waals surface area contributed by atoms with Crippen LogP contribution >= 0.6 is 0 Å². The fourth-order valence-corrected chi connectivity index (χ4v) is 2.91. The molecule has 0 amide bonds. The van der Waals surface area contributed by atoms with Crippen molar-refractivity contribution in [3.63, 3.8) is 0 Å². The molecular formula is C18H31N3. The van der Waals surface area contributed by atoms with Crippen molar-refractivity contribution in [2.24, 2.45) is 0 Å². The predicted octanol–water partition coefficient (Wildman–Crippen LogP) is 2.71. The van der Waals surface area contributed by atoms with Crippen LogP contribution in [0, 0.1) is 0 Å². The van der Waals surface area contributed by atoms with Gasteiger partial charge >= 0.3 is 0 Å². The molecule has 1 saturated heterocycles. The molecule has 1 aliphatic rings. The molecule has 0 bridgehead atoms. The molecule has 1 aliphatic heterocycles. The molecule has 3 heteroatoms. The summed E-state index contributed by atoms with van der Waals surface area (Å²) in [5.74, 6) is 0. The topological polar surface area (TPSA) is 18.5 Å². The van der Waals surface area contributed by atoms with E-state index < -0.39 is 0 Å². The Balaban J connectivity index is 1.86. The number of hydrogen-bond acceptors (Lipinski definition) is 3. The van der Waals surface area contributed by atoms with E-state index in [0.717, 1.165) is 32.7 Å². The van der Waals surface area contributed by atoms with E-state index in [1.807, 2.05) is 0 Å². The van der Waals surface area contributed by atoms with Crippen LogP contribution in [0.15, 0.2) is 24.3 Å². The zero-order chi connectivity index (χ0) is 15.3. The molecule has 1 N–H and O–H groups in total. The summed E-state index contributed by atoms with van der Waals surface area (Å²) in [6.07, 6.45) is 1.19. The van der Waals surface area contributed by atoms with Crippen LogP contribution in [-0.2, 0) is 13.1 Å². The molecule has 2 rings (SSSR count). The van der Waals surface area contributed by atoms with Gasteiger partial charge in [0.15, 0.2) is 0 Å². The standard InChI is InChI=1S/C18H31N3/c1-5-10-19-13-16-6-8-17(9-7-16)14-21-12-11-20(4)18(2,3)15-21/h6-9,19H,5,10-15H2,1-4H3. The van der Waals surface area contributed by atoms with E-state index in [0.29, 0.717) is 0 Å². The highest BCUT2D eigenvalue weighted by Gasteiger charge is 2.30. The average Bonchev–Trinajstić information content (AvgIpc) is 2.45. The summed E-state index contributed by atoms with van der Waals surface area (Å²) in [4.78, 5) is 5.04. The molecule has 1 heterocycles. The zero-order valence-electron chi connectivity index (χ0n) is 14.2. The lowest BCUT2D eigenvalue weighted by atomic mass is 9.99. The van der Waals surface area contributed by atoms with Gasteiger partial charge in [0.2, 0.25) is 0 Å². The molecule has 0 aliphatic carbocycles. The van der Waals surface area contributed by atoms with Gasteiger partial charge in [-0.2, -0.15) is 0 Å². The van der Waals surface area contributed by atoms with Gasteiger partial charge < -0.3 is 5.32 Å². The number of rotatable bonds is 6. The van der Waals surface area contributed by atoms with Gasteiger partial charge in [0.25, 0.3) is 0 Å². The summed E-state index contributed by atoms with van der Waals surface area (Å²) >= 11 is 0. The number of likely N-dealkylation sites (N-methyl/N-ethyl adjacent to an activating group) is 1. The van der Waals surface area contributed by atoms with Crippen molar-refractivity contribution in [3.05, 3.63) is 35.4 Å². The first-order valence-electron chi connectivity index (χ1n) is 8.23.